The molecule has 1 aliphatic heterocycles. The quantitative estimate of drug-likeness (QED) is 0.867. The summed E-state index contributed by atoms with van der Waals surface area (Å²) in [4.78, 5) is 2.23. The molecule has 1 heterocycles. The van der Waals surface area contributed by atoms with Crippen LogP contribution in [0.25, 0.3) is 0 Å². The van der Waals surface area contributed by atoms with Crippen LogP contribution in [-0.4, -0.2) is 28.7 Å². The molecule has 1 saturated heterocycles. The number of halogens is 1. The molecule has 3 heteroatoms. The molecule has 1 saturated carbocycles. The Hall–Kier alpha value is -0.930. The molecule has 0 amide bonds. The Morgan fingerprint density at radius 1 is 1.41 bits per heavy atom. The molecule has 0 unspecified atom stereocenters. The van der Waals surface area contributed by atoms with Gasteiger partial charge in [0.25, 0.3) is 0 Å². The number of hydrogen-bond donors (Lipinski definition) is 1. The van der Waals surface area contributed by atoms with Crippen molar-refractivity contribution in [3.05, 3.63) is 35.1 Å². The Morgan fingerprint density at radius 3 is 2.71 bits per heavy atom. The van der Waals surface area contributed by atoms with Gasteiger partial charge < -0.3 is 5.11 Å². The van der Waals surface area contributed by atoms with Gasteiger partial charge >= 0.3 is 0 Å². The minimum atomic E-state index is -0.423. The van der Waals surface area contributed by atoms with Crippen LogP contribution in [0, 0.1) is 18.7 Å². The lowest BCUT2D eigenvalue weighted by Crippen LogP contribution is -2.62. The molecule has 1 aliphatic carbocycles. The fourth-order valence-electron chi connectivity index (χ4n) is 2.80. The van der Waals surface area contributed by atoms with Crippen molar-refractivity contribution in [3.8, 4) is 0 Å². The maximum absolute atomic E-state index is 13.0. The van der Waals surface area contributed by atoms with Crippen molar-refractivity contribution in [2.75, 3.05) is 13.1 Å². The van der Waals surface area contributed by atoms with E-state index in [0.717, 1.165) is 30.8 Å². The smallest absolute Gasteiger partial charge is 0.123 e. The molecule has 17 heavy (non-hydrogen) atoms. The highest BCUT2D eigenvalue weighted by Crippen LogP contribution is 2.44. The second-order valence-corrected chi connectivity index (χ2v) is 5.59. The highest BCUT2D eigenvalue weighted by Gasteiger charge is 2.51. The first-order chi connectivity index (χ1) is 8.07. The SMILES string of the molecule is Cc1cc(F)ccc1CN1CC(O)(C2CC2)C1. The minimum Gasteiger partial charge on any atom is -0.387 e. The van der Waals surface area contributed by atoms with Gasteiger partial charge in [-0.15, -0.1) is 0 Å². The van der Waals surface area contributed by atoms with Crippen molar-refractivity contribution in [2.24, 2.45) is 5.92 Å². The minimum absolute atomic E-state index is 0.177. The van der Waals surface area contributed by atoms with E-state index >= 15 is 0 Å². The number of β-amino-alcohol motifs (C(OH)–C–C–N with tert-alkyl or cyclic N) is 1. The summed E-state index contributed by atoms with van der Waals surface area (Å²) < 4.78 is 13.0. The predicted octanol–water partition coefficient (Wildman–Crippen LogP) is 2.09. The van der Waals surface area contributed by atoms with Gasteiger partial charge in [0, 0.05) is 19.6 Å². The van der Waals surface area contributed by atoms with Gasteiger partial charge in [-0.25, -0.2) is 4.39 Å². The summed E-state index contributed by atoms with van der Waals surface area (Å²) in [7, 11) is 0. The van der Waals surface area contributed by atoms with Crippen molar-refractivity contribution in [1.82, 2.24) is 4.90 Å². The molecule has 0 spiro atoms. The number of likely N-dealkylation sites (tertiary alicyclic amines) is 1. The standard InChI is InChI=1S/C14H18FNO/c1-10-6-13(15)5-2-11(10)7-16-8-14(17,9-16)12-3-4-12/h2,5-6,12,17H,3-4,7-9H2,1H3. The second-order valence-electron chi connectivity index (χ2n) is 5.59. The van der Waals surface area contributed by atoms with Gasteiger partial charge in [-0.1, -0.05) is 6.07 Å². The first kappa shape index (κ1) is 11.2. The average molecular weight is 235 g/mol. The van der Waals surface area contributed by atoms with Crippen molar-refractivity contribution in [3.63, 3.8) is 0 Å². The topological polar surface area (TPSA) is 23.5 Å². The predicted molar refractivity (Wildman–Crippen MR) is 64.1 cm³/mol. The third-order valence-corrected chi connectivity index (χ3v) is 4.03. The van der Waals surface area contributed by atoms with Gasteiger partial charge in [0.2, 0.25) is 0 Å². The Bertz CT molecular complexity index is 436. The molecule has 0 bridgehead atoms. The molecule has 92 valence electrons. The molecule has 1 N–H and O–H groups in total. The number of benzene rings is 1. The fraction of sp³-hybridized carbons (Fsp3) is 0.571. The summed E-state index contributed by atoms with van der Waals surface area (Å²) in [5.41, 5.74) is 1.73. The molecule has 3 rings (SSSR count). The summed E-state index contributed by atoms with van der Waals surface area (Å²) in [5, 5.41) is 10.2. The molecular formula is C14H18FNO. The van der Waals surface area contributed by atoms with Gasteiger partial charge in [-0.3, -0.25) is 4.90 Å². The first-order valence-corrected chi connectivity index (χ1v) is 6.27. The normalized spacial score (nSPS) is 23.5. The summed E-state index contributed by atoms with van der Waals surface area (Å²) in [6, 6.07) is 4.93. The largest absolute Gasteiger partial charge is 0.387 e. The summed E-state index contributed by atoms with van der Waals surface area (Å²) in [5.74, 6) is 0.359. The maximum atomic E-state index is 13.0. The highest BCUT2D eigenvalue weighted by molar-refractivity contribution is 5.27. The zero-order valence-electron chi connectivity index (χ0n) is 10.1. The van der Waals surface area contributed by atoms with Crippen LogP contribution in [-0.2, 0) is 6.54 Å². The van der Waals surface area contributed by atoms with E-state index in [4.69, 9.17) is 0 Å². The van der Waals surface area contributed by atoms with Gasteiger partial charge in [0.05, 0.1) is 5.60 Å². The van der Waals surface area contributed by atoms with E-state index in [1.54, 1.807) is 6.07 Å². The number of aliphatic hydroxyl groups is 1. The van der Waals surface area contributed by atoms with E-state index in [1.165, 1.54) is 18.9 Å². The summed E-state index contributed by atoms with van der Waals surface area (Å²) in [6.07, 6.45) is 2.36. The third kappa shape index (κ3) is 2.09. The van der Waals surface area contributed by atoms with Crippen molar-refractivity contribution >= 4 is 0 Å². The van der Waals surface area contributed by atoms with Crippen molar-refractivity contribution in [2.45, 2.75) is 31.9 Å². The lowest BCUT2D eigenvalue weighted by Gasteiger charge is -2.47. The molecule has 0 atom stereocenters. The summed E-state index contributed by atoms with van der Waals surface area (Å²) >= 11 is 0. The van der Waals surface area contributed by atoms with Crippen LogP contribution in [0.5, 0.6) is 0 Å². The Labute approximate surface area is 101 Å². The summed E-state index contributed by atoms with van der Waals surface area (Å²) in [6.45, 7) is 4.30. The molecule has 0 radical (unpaired) electrons. The zero-order chi connectivity index (χ0) is 12.0. The molecule has 2 nitrogen and oxygen atoms in total. The molecule has 1 aromatic rings. The van der Waals surface area contributed by atoms with Crippen LogP contribution >= 0.6 is 0 Å². The lowest BCUT2D eigenvalue weighted by atomic mass is 9.88. The first-order valence-electron chi connectivity index (χ1n) is 6.27. The number of aryl methyl sites for hydroxylation is 1. The van der Waals surface area contributed by atoms with Crippen LogP contribution in [0.1, 0.15) is 24.0 Å². The number of nitrogens with zero attached hydrogens (tertiary/aromatic N) is 1. The average Bonchev–Trinajstić information content (AvgIpc) is 3.02. The van der Waals surface area contributed by atoms with Crippen LogP contribution in [0.4, 0.5) is 4.39 Å². The monoisotopic (exact) mass is 235 g/mol. The second kappa shape index (κ2) is 3.79. The van der Waals surface area contributed by atoms with Gasteiger partial charge in [0.15, 0.2) is 0 Å². The van der Waals surface area contributed by atoms with Crippen LogP contribution in [0.3, 0.4) is 0 Å². The number of hydrogen-bond acceptors (Lipinski definition) is 2. The van der Waals surface area contributed by atoms with E-state index < -0.39 is 5.60 Å². The third-order valence-electron chi connectivity index (χ3n) is 4.03. The molecular weight excluding hydrogens is 217 g/mol. The van der Waals surface area contributed by atoms with E-state index in [2.05, 4.69) is 4.90 Å². The van der Waals surface area contributed by atoms with E-state index in [1.807, 2.05) is 13.0 Å². The highest BCUT2D eigenvalue weighted by atomic mass is 19.1. The van der Waals surface area contributed by atoms with Crippen molar-refractivity contribution in [1.29, 1.82) is 0 Å². The van der Waals surface area contributed by atoms with Crippen LogP contribution in [0.15, 0.2) is 18.2 Å². The van der Waals surface area contributed by atoms with E-state index in [9.17, 15) is 9.50 Å². The Balaban J connectivity index is 1.61. The Morgan fingerprint density at radius 2 is 2.12 bits per heavy atom. The molecule has 0 aromatic heterocycles. The van der Waals surface area contributed by atoms with Crippen LogP contribution in [0.2, 0.25) is 0 Å². The fourth-order valence-corrected chi connectivity index (χ4v) is 2.80. The maximum Gasteiger partial charge on any atom is 0.123 e. The van der Waals surface area contributed by atoms with E-state index in [-0.39, 0.29) is 5.82 Å². The van der Waals surface area contributed by atoms with Gasteiger partial charge in [-0.05, 0) is 48.9 Å². The Kier molecular flexibility index (Phi) is 2.49. The van der Waals surface area contributed by atoms with Gasteiger partial charge in [-0.2, -0.15) is 0 Å². The lowest BCUT2D eigenvalue weighted by molar-refractivity contribution is -0.116. The number of rotatable bonds is 3. The van der Waals surface area contributed by atoms with Crippen molar-refractivity contribution < 1.29 is 9.50 Å². The molecule has 1 aromatic carbocycles. The zero-order valence-corrected chi connectivity index (χ0v) is 10.1. The molecule has 2 fully saturated rings. The van der Waals surface area contributed by atoms with Crippen LogP contribution < -0.4 is 0 Å². The van der Waals surface area contributed by atoms with Gasteiger partial charge in [0.1, 0.15) is 5.82 Å². The van der Waals surface area contributed by atoms with E-state index in [0.29, 0.717) is 5.92 Å². The molecule has 2 aliphatic rings.